The molecule has 1 saturated heterocycles. The Morgan fingerprint density at radius 2 is 2.00 bits per heavy atom. The predicted molar refractivity (Wildman–Crippen MR) is 57.0 cm³/mol. The van der Waals surface area contributed by atoms with Gasteiger partial charge in [0, 0.05) is 6.54 Å². The third-order valence-electron chi connectivity index (χ3n) is 2.90. The molecular weight excluding hydrogens is 162 g/mol. The van der Waals surface area contributed by atoms with Gasteiger partial charge in [0.1, 0.15) is 0 Å². The molecule has 0 aromatic heterocycles. The molecule has 1 heterocycles. The molecule has 0 aromatic carbocycles. The molecule has 2 N–H and O–H groups in total. The summed E-state index contributed by atoms with van der Waals surface area (Å²) >= 11 is 0. The van der Waals surface area contributed by atoms with E-state index in [0.29, 0.717) is 11.3 Å². The molecule has 0 bridgehead atoms. The third-order valence-corrected chi connectivity index (χ3v) is 2.90. The summed E-state index contributed by atoms with van der Waals surface area (Å²) in [5, 5.41) is 0. The van der Waals surface area contributed by atoms with E-state index in [1.807, 2.05) is 6.92 Å². The molecule has 0 radical (unpaired) electrons. The molecule has 0 unspecified atom stereocenters. The monoisotopic (exact) mass is 183 g/mol. The summed E-state index contributed by atoms with van der Waals surface area (Å²) in [5.41, 5.74) is 5.92. The van der Waals surface area contributed by atoms with Gasteiger partial charge in [-0.3, -0.25) is 4.99 Å². The van der Waals surface area contributed by atoms with Crippen molar-refractivity contribution in [2.24, 2.45) is 16.1 Å². The van der Waals surface area contributed by atoms with Crippen LogP contribution in [-0.2, 0) is 0 Å². The van der Waals surface area contributed by atoms with E-state index in [4.69, 9.17) is 5.73 Å². The molecule has 0 atom stereocenters. The molecule has 0 aliphatic carbocycles. The van der Waals surface area contributed by atoms with Gasteiger partial charge in [-0.15, -0.1) is 0 Å². The maximum Gasteiger partial charge on any atom is 0.0905 e. The van der Waals surface area contributed by atoms with E-state index in [9.17, 15) is 0 Å². The van der Waals surface area contributed by atoms with Crippen LogP contribution in [-0.4, -0.2) is 37.4 Å². The van der Waals surface area contributed by atoms with Crippen molar-refractivity contribution in [1.29, 1.82) is 0 Å². The Morgan fingerprint density at radius 3 is 2.46 bits per heavy atom. The second-order valence-corrected chi connectivity index (χ2v) is 4.57. The van der Waals surface area contributed by atoms with Crippen molar-refractivity contribution in [3.63, 3.8) is 0 Å². The topological polar surface area (TPSA) is 41.6 Å². The zero-order valence-corrected chi connectivity index (χ0v) is 9.01. The van der Waals surface area contributed by atoms with Crippen molar-refractivity contribution in [3.8, 4) is 0 Å². The Balaban J connectivity index is 2.43. The zero-order chi connectivity index (χ0) is 9.90. The lowest BCUT2D eigenvalue weighted by Gasteiger charge is -2.36. The van der Waals surface area contributed by atoms with Crippen LogP contribution in [0.2, 0.25) is 0 Å². The lowest BCUT2D eigenvalue weighted by Crippen LogP contribution is -2.38. The molecule has 0 aromatic rings. The smallest absolute Gasteiger partial charge is 0.0905 e. The maximum absolute atomic E-state index is 5.54. The van der Waals surface area contributed by atoms with Gasteiger partial charge in [0.15, 0.2) is 0 Å². The first-order valence-electron chi connectivity index (χ1n) is 4.97. The molecule has 3 heteroatoms. The van der Waals surface area contributed by atoms with Crippen molar-refractivity contribution >= 4 is 5.84 Å². The molecule has 76 valence electrons. The van der Waals surface area contributed by atoms with Gasteiger partial charge < -0.3 is 10.6 Å². The van der Waals surface area contributed by atoms with Gasteiger partial charge in [-0.2, -0.15) is 0 Å². The van der Waals surface area contributed by atoms with Crippen molar-refractivity contribution < 1.29 is 0 Å². The normalized spacial score (nSPS) is 24.7. The van der Waals surface area contributed by atoms with E-state index in [0.717, 1.165) is 6.54 Å². The van der Waals surface area contributed by atoms with Gasteiger partial charge in [-0.05, 0) is 45.3 Å². The Morgan fingerprint density at radius 1 is 1.46 bits per heavy atom. The molecular formula is C10H21N3. The fourth-order valence-electron chi connectivity index (χ4n) is 1.63. The number of piperidine rings is 1. The molecule has 0 spiro atoms. The van der Waals surface area contributed by atoms with Crippen molar-refractivity contribution in [2.45, 2.75) is 26.7 Å². The zero-order valence-electron chi connectivity index (χ0n) is 9.01. The van der Waals surface area contributed by atoms with Crippen LogP contribution in [0.15, 0.2) is 4.99 Å². The minimum Gasteiger partial charge on any atom is -0.388 e. The molecule has 1 aliphatic heterocycles. The van der Waals surface area contributed by atoms with E-state index in [-0.39, 0.29) is 0 Å². The lowest BCUT2D eigenvalue weighted by molar-refractivity contribution is 0.147. The van der Waals surface area contributed by atoms with Crippen LogP contribution in [0.1, 0.15) is 26.7 Å². The minimum atomic E-state index is 0.382. The fraction of sp³-hybridized carbons (Fsp3) is 0.900. The number of nitrogens with two attached hydrogens (primary N) is 1. The molecule has 13 heavy (non-hydrogen) atoms. The highest BCUT2D eigenvalue weighted by molar-refractivity contribution is 5.77. The molecule has 0 saturated carbocycles. The van der Waals surface area contributed by atoms with E-state index >= 15 is 0 Å². The quantitative estimate of drug-likeness (QED) is 0.514. The van der Waals surface area contributed by atoms with E-state index in [2.05, 4.69) is 23.9 Å². The second-order valence-electron chi connectivity index (χ2n) is 4.57. The lowest BCUT2D eigenvalue weighted by atomic mass is 9.80. The number of aliphatic imine (C=N–C) groups is 1. The van der Waals surface area contributed by atoms with Crippen LogP contribution < -0.4 is 5.73 Å². The summed E-state index contributed by atoms with van der Waals surface area (Å²) in [6, 6.07) is 0. The van der Waals surface area contributed by atoms with Gasteiger partial charge >= 0.3 is 0 Å². The number of hydrogen-bond donors (Lipinski definition) is 1. The highest BCUT2D eigenvalue weighted by Gasteiger charge is 2.28. The number of likely N-dealkylation sites (tertiary alicyclic amines) is 1. The summed E-state index contributed by atoms with van der Waals surface area (Å²) in [6.45, 7) is 7.44. The van der Waals surface area contributed by atoms with Crippen molar-refractivity contribution in [2.75, 3.05) is 26.7 Å². The standard InChI is InChI=1S/C10H21N3/c1-9(11)12-8-10(2)4-6-13(3)7-5-10/h4-8H2,1-3H3,(H2,11,12). The average Bonchev–Trinajstić information content (AvgIpc) is 2.08. The molecule has 1 aliphatic rings. The Hall–Kier alpha value is -0.570. The highest BCUT2D eigenvalue weighted by atomic mass is 15.1. The molecule has 1 fully saturated rings. The van der Waals surface area contributed by atoms with Crippen molar-refractivity contribution in [3.05, 3.63) is 0 Å². The van der Waals surface area contributed by atoms with Crippen LogP contribution in [0.3, 0.4) is 0 Å². The average molecular weight is 183 g/mol. The first-order chi connectivity index (χ1) is 6.02. The van der Waals surface area contributed by atoms with E-state index < -0.39 is 0 Å². The van der Waals surface area contributed by atoms with Crippen LogP contribution in [0, 0.1) is 5.41 Å². The second kappa shape index (κ2) is 4.09. The first kappa shape index (κ1) is 10.5. The SMILES string of the molecule is CC(N)=NCC1(C)CCN(C)CC1. The Bertz CT molecular complexity index is 186. The minimum absolute atomic E-state index is 0.382. The summed E-state index contributed by atoms with van der Waals surface area (Å²) < 4.78 is 0. The molecule has 0 amide bonds. The summed E-state index contributed by atoms with van der Waals surface area (Å²) in [7, 11) is 2.18. The predicted octanol–water partition coefficient (Wildman–Crippen LogP) is 1.10. The van der Waals surface area contributed by atoms with Crippen LogP contribution >= 0.6 is 0 Å². The highest BCUT2D eigenvalue weighted by Crippen LogP contribution is 2.30. The van der Waals surface area contributed by atoms with Gasteiger partial charge in [-0.1, -0.05) is 6.92 Å². The summed E-state index contributed by atoms with van der Waals surface area (Å²) in [4.78, 5) is 6.70. The molecule has 1 rings (SSSR count). The summed E-state index contributed by atoms with van der Waals surface area (Å²) in [6.07, 6.45) is 2.47. The maximum atomic E-state index is 5.54. The van der Waals surface area contributed by atoms with Gasteiger partial charge in [0.05, 0.1) is 5.84 Å². The Kier molecular flexibility index (Phi) is 3.31. The third kappa shape index (κ3) is 3.35. The first-order valence-corrected chi connectivity index (χ1v) is 4.97. The number of hydrogen-bond acceptors (Lipinski definition) is 2. The largest absolute Gasteiger partial charge is 0.388 e. The van der Waals surface area contributed by atoms with Gasteiger partial charge in [0.2, 0.25) is 0 Å². The van der Waals surface area contributed by atoms with E-state index in [1.165, 1.54) is 25.9 Å². The van der Waals surface area contributed by atoms with Crippen LogP contribution in [0.5, 0.6) is 0 Å². The Labute approximate surface area is 81.0 Å². The number of nitrogens with zero attached hydrogens (tertiary/aromatic N) is 2. The number of amidine groups is 1. The van der Waals surface area contributed by atoms with Gasteiger partial charge in [0.25, 0.3) is 0 Å². The van der Waals surface area contributed by atoms with E-state index in [1.54, 1.807) is 0 Å². The van der Waals surface area contributed by atoms with Crippen LogP contribution in [0.25, 0.3) is 0 Å². The fourth-order valence-corrected chi connectivity index (χ4v) is 1.63. The van der Waals surface area contributed by atoms with Gasteiger partial charge in [-0.25, -0.2) is 0 Å². The molecule has 3 nitrogen and oxygen atoms in total. The summed E-state index contributed by atoms with van der Waals surface area (Å²) in [5.74, 6) is 0.708. The number of rotatable bonds is 2. The van der Waals surface area contributed by atoms with Crippen molar-refractivity contribution in [1.82, 2.24) is 4.90 Å². The van der Waals surface area contributed by atoms with Crippen LogP contribution in [0.4, 0.5) is 0 Å².